The number of aryl methyl sites for hydroxylation is 1. The molecule has 2 aliphatic carbocycles. The van der Waals surface area contributed by atoms with Crippen LogP contribution in [-0.2, 0) is 40.8 Å². The number of nitrogens with zero attached hydrogens (tertiary/aromatic N) is 6. The van der Waals surface area contributed by atoms with Gasteiger partial charge < -0.3 is 5.32 Å². The Morgan fingerprint density at radius 2 is 1.71 bits per heavy atom. The van der Waals surface area contributed by atoms with E-state index in [-0.39, 0.29) is 77.9 Å². The largest absolute Gasteiger partial charge is 0.344 e. The van der Waals surface area contributed by atoms with Crippen LogP contribution in [-0.4, -0.2) is 49.7 Å². The fourth-order valence-corrected chi connectivity index (χ4v) is 9.37. The average molecular weight is 934 g/mol. The number of amides is 1. The van der Waals surface area contributed by atoms with Crippen molar-refractivity contribution in [3.05, 3.63) is 133 Å². The Morgan fingerprint density at radius 1 is 0.984 bits per heavy atom. The van der Waals surface area contributed by atoms with Gasteiger partial charge in [-0.15, -0.1) is 0 Å². The predicted molar refractivity (Wildman–Crippen MR) is 218 cm³/mol. The SMILES string of the molecule is Cn1nc(NS(C)(=O)=O)c2c(Cl)ccc(-n3c([C@H](Cc4cc(F)cc(F)c4)NC(=O)Cn4nc(C(F)F)c5c4C(F)(F)[C@@H]4C[C@H]54)nc4cc(-c5ccc(Cl)cc5F)ccc4c3=O)c21. The number of hydrogen-bond donors (Lipinski definition) is 2. The number of fused-ring (bicyclic) bond motifs is 5. The van der Waals surface area contributed by atoms with E-state index in [2.05, 4.69) is 20.2 Å². The number of halogens is 9. The zero-order valence-electron chi connectivity index (χ0n) is 32.4. The number of hydrogen-bond acceptors (Lipinski definition) is 7. The van der Waals surface area contributed by atoms with Gasteiger partial charge in [0.2, 0.25) is 15.9 Å². The van der Waals surface area contributed by atoms with E-state index in [9.17, 15) is 35.6 Å². The van der Waals surface area contributed by atoms with Crippen LogP contribution < -0.4 is 15.6 Å². The summed E-state index contributed by atoms with van der Waals surface area (Å²) < 4.78 is 134. The van der Waals surface area contributed by atoms with E-state index < -0.39 is 93.5 Å². The van der Waals surface area contributed by atoms with Crippen LogP contribution >= 0.6 is 23.2 Å². The van der Waals surface area contributed by atoms with Crippen LogP contribution in [0, 0.1) is 23.4 Å². The molecule has 2 N–H and O–H groups in total. The molecule has 12 nitrogen and oxygen atoms in total. The Bertz CT molecular complexity index is 3250. The quantitative estimate of drug-likeness (QED) is 0.124. The summed E-state index contributed by atoms with van der Waals surface area (Å²) in [4.78, 5) is 33.9. The summed E-state index contributed by atoms with van der Waals surface area (Å²) in [5, 5.41) is 10.7. The number of benzene rings is 4. The highest BCUT2D eigenvalue weighted by Gasteiger charge is 2.67. The topological polar surface area (TPSA) is 146 Å². The minimum Gasteiger partial charge on any atom is -0.344 e. The molecule has 22 heteroatoms. The smallest absolute Gasteiger partial charge is 0.293 e. The number of carbonyl (C=O) groups excluding carboxylic acids is 1. The van der Waals surface area contributed by atoms with E-state index in [1.807, 2.05) is 0 Å². The maximum absolute atomic E-state index is 15.5. The van der Waals surface area contributed by atoms with Gasteiger partial charge in [0.25, 0.3) is 17.9 Å². The Morgan fingerprint density at radius 3 is 2.40 bits per heavy atom. The third kappa shape index (κ3) is 7.46. The number of rotatable bonds is 11. The molecule has 7 aromatic rings. The van der Waals surface area contributed by atoms with Crippen LogP contribution in [0.4, 0.5) is 36.6 Å². The lowest BCUT2D eigenvalue weighted by Crippen LogP contribution is -2.38. The zero-order chi connectivity index (χ0) is 45.0. The lowest BCUT2D eigenvalue weighted by atomic mass is 10.0. The molecule has 326 valence electrons. The van der Waals surface area contributed by atoms with Crippen molar-refractivity contribution >= 4 is 66.8 Å². The summed E-state index contributed by atoms with van der Waals surface area (Å²) in [5.41, 5.74) is -2.65. The van der Waals surface area contributed by atoms with Gasteiger partial charge in [0.1, 0.15) is 41.2 Å². The first-order valence-electron chi connectivity index (χ1n) is 18.9. The molecule has 63 heavy (non-hydrogen) atoms. The first-order chi connectivity index (χ1) is 29.7. The lowest BCUT2D eigenvalue weighted by Gasteiger charge is -2.24. The monoisotopic (exact) mass is 932 g/mol. The predicted octanol–water partition coefficient (Wildman–Crippen LogP) is 8.48. The van der Waals surface area contributed by atoms with Crippen molar-refractivity contribution in [1.82, 2.24) is 34.4 Å². The number of sulfonamides is 1. The normalized spacial score (nSPS) is 17.0. The standard InChI is InChI=1S/C41H29Cl2F7N8O4S/c1-56-35-30(8-7-26(43)33(35)38(54-56)55-63(2,61)62)58-39(52-28-12-18(3-5-23(28)40(58)60)22-6-4-19(42)13-27(22)46)29(11-17-9-20(44)14-21(45)10-17)51-31(59)16-57-36-32(34(53-57)37(47)48)24-15-25(24)41(36,49)50/h3-10,12-14,24-25,29,37H,11,15-16H2,1-2H3,(H,51,59)(H,54,55)/t24-,25+,29-/m0/s1. The van der Waals surface area contributed by atoms with Crippen molar-refractivity contribution in [1.29, 1.82) is 0 Å². The molecular weight excluding hydrogens is 904 g/mol. The fraction of sp³-hybridized carbons (Fsp3) is 0.244. The molecular formula is C41H29Cl2F7N8O4S. The molecule has 0 saturated heterocycles. The van der Waals surface area contributed by atoms with Crippen molar-refractivity contribution < 1.29 is 43.9 Å². The molecule has 3 aromatic heterocycles. The van der Waals surface area contributed by atoms with E-state index in [0.29, 0.717) is 10.7 Å². The molecule has 1 amide bonds. The van der Waals surface area contributed by atoms with Gasteiger partial charge in [-0.2, -0.15) is 19.0 Å². The van der Waals surface area contributed by atoms with Gasteiger partial charge in [-0.3, -0.25) is 28.2 Å². The second kappa shape index (κ2) is 15.1. The van der Waals surface area contributed by atoms with Crippen LogP contribution in [0.5, 0.6) is 0 Å². The van der Waals surface area contributed by atoms with Gasteiger partial charge in [0.05, 0.1) is 44.8 Å². The Labute approximate surface area is 361 Å². The summed E-state index contributed by atoms with van der Waals surface area (Å²) in [5.74, 6) is -10.1. The van der Waals surface area contributed by atoms with Crippen molar-refractivity contribution in [2.45, 2.75) is 43.7 Å². The molecule has 0 aliphatic heterocycles. The molecule has 9 rings (SSSR count). The summed E-state index contributed by atoms with van der Waals surface area (Å²) in [6, 6.07) is 11.7. The first kappa shape index (κ1) is 42.3. The van der Waals surface area contributed by atoms with E-state index in [4.69, 9.17) is 28.2 Å². The van der Waals surface area contributed by atoms with Crippen molar-refractivity contribution in [2.75, 3.05) is 11.0 Å². The van der Waals surface area contributed by atoms with E-state index in [0.717, 1.165) is 29.0 Å². The van der Waals surface area contributed by atoms with Gasteiger partial charge in [-0.25, -0.2) is 35.4 Å². The third-order valence-electron chi connectivity index (χ3n) is 11.0. The molecule has 1 saturated carbocycles. The molecule has 0 radical (unpaired) electrons. The maximum Gasteiger partial charge on any atom is 0.293 e. The number of anilines is 1. The van der Waals surface area contributed by atoms with Crippen LogP contribution in [0.25, 0.3) is 38.6 Å². The van der Waals surface area contributed by atoms with Gasteiger partial charge in [0.15, 0.2) is 5.82 Å². The van der Waals surface area contributed by atoms with E-state index in [1.54, 1.807) is 0 Å². The highest BCUT2D eigenvalue weighted by atomic mass is 35.5. The number of carbonyl (C=O) groups is 1. The Balaban J connectivity index is 1.26. The fourth-order valence-electron chi connectivity index (χ4n) is 8.47. The van der Waals surface area contributed by atoms with Crippen molar-refractivity contribution in [3.8, 4) is 16.8 Å². The molecule has 3 atom stereocenters. The summed E-state index contributed by atoms with van der Waals surface area (Å²) in [6.07, 6.45) is -2.90. The highest BCUT2D eigenvalue weighted by molar-refractivity contribution is 7.92. The Kier molecular flexibility index (Phi) is 10.1. The van der Waals surface area contributed by atoms with Crippen LogP contribution in [0.1, 0.15) is 53.1 Å². The average Bonchev–Trinajstić information content (AvgIpc) is 3.72. The van der Waals surface area contributed by atoms with Crippen LogP contribution in [0.3, 0.4) is 0 Å². The minimum absolute atomic E-state index is 0.00423. The van der Waals surface area contributed by atoms with Crippen LogP contribution in [0.15, 0.2) is 71.5 Å². The third-order valence-corrected chi connectivity index (χ3v) is 12.2. The second-order valence-electron chi connectivity index (χ2n) is 15.4. The molecule has 3 heterocycles. The highest BCUT2D eigenvalue weighted by Crippen LogP contribution is 2.68. The van der Waals surface area contributed by atoms with Gasteiger partial charge in [-0.1, -0.05) is 29.3 Å². The molecule has 4 aromatic carbocycles. The zero-order valence-corrected chi connectivity index (χ0v) is 34.7. The summed E-state index contributed by atoms with van der Waals surface area (Å²) >= 11 is 12.6. The van der Waals surface area contributed by atoms with E-state index in [1.165, 1.54) is 54.2 Å². The molecule has 1 fully saturated rings. The number of alkyl halides is 4. The minimum atomic E-state index is -3.94. The summed E-state index contributed by atoms with van der Waals surface area (Å²) in [7, 11) is -2.52. The molecule has 2 aliphatic rings. The molecule has 0 spiro atoms. The lowest BCUT2D eigenvalue weighted by molar-refractivity contribution is -0.123. The van der Waals surface area contributed by atoms with Crippen molar-refractivity contribution in [3.63, 3.8) is 0 Å². The van der Waals surface area contributed by atoms with Crippen LogP contribution in [0.2, 0.25) is 10.0 Å². The first-order valence-corrected chi connectivity index (χ1v) is 21.5. The molecule has 0 bridgehead atoms. The number of aromatic nitrogens is 6. The summed E-state index contributed by atoms with van der Waals surface area (Å²) in [6.45, 7) is -1.02. The van der Waals surface area contributed by atoms with Gasteiger partial charge in [-0.05, 0) is 78.1 Å². The van der Waals surface area contributed by atoms with Gasteiger partial charge >= 0.3 is 0 Å². The number of nitrogens with one attached hydrogen (secondary N) is 2. The maximum atomic E-state index is 15.5. The Hall–Kier alpha value is -5.99. The molecule has 0 unspecified atom stereocenters. The van der Waals surface area contributed by atoms with E-state index >= 15 is 13.2 Å². The van der Waals surface area contributed by atoms with Crippen molar-refractivity contribution in [2.24, 2.45) is 13.0 Å². The van der Waals surface area contributed by atoms with Gasteiger partial charge in [0, 0.05) is 41.6 Å². The second-order valence-corrected chi connectivity index (χ2v) is 18.0.